The lowest BCUT2D eigenvalue weighted by molar-refractivity contribution is 0.664. The fourth-order valence-electron chi connectivity index (χ4n) is 12.9. The van der Waals surface area contributed by atoms with E-state index in [0.29, 0.717) is 0 Å². The highest BCUT2D eigenvalue weighted by molar-refractivity contribution is 6.21. The summed E-state index contributed by atoms with van der Waals surface area (Å²) in [5, 5.41) is 13.4. The molecule has 0 amide bonds. The van der Waals surface area contributed by atoms with Crippen molar-refractivity contribution in [3.05, 3.63) is 279 Å². The molecule has 0 fully saturated rings. The Hall–Kier alpha value is -10.8. The fraction of sp³-hybridized carbons (Fsp3) is 0. The molecular weight excluding hydrogens is 977 g/mol. The van der Waals surface area contributed by atoms with Gasteiger partial charge in [-0.2, -0.15) is 0 Å². The standard InChI is InChI=1S/C74H46N4O2/c1-5-19-51(20-6-1)75(65-31-17-33-67-73(65)57-27-13-15-29-63(57)77(67)53-23-9-3-10-24-53)55-37-35-47-41-59-61-45-72-62(46-71(61)79-69(59)43-49(47)39-55)60-42-48-36-38-56(40-50(48)44-70(60)80-72)76(52-21-7-2-8-22-52)66-32-18-34-68-74(66)58-28-14-16-30-64(58)78(68)54-25-11-4-12-26-54/h1-46H. The first kappa shape index (κ1) is 44.3. The molecule has 0 aliphatic heterocycles. The molecule has 0 saturated carbocycles. The third-order valence-electron chi connectivity index (χ3n) is 16.4. The number of fused-ring (bicyclic) bond motifs is 14. The third kappa shape index (κ3) is 6.72. The minimum Gasteiger partial charge on any atom is -0.456 e. The number of para-hydroxylation sites is 6. The summed E-state index contributed by atoms with van der Waals surface area (Å²) in [5.74, 6) is 0. The van der Waals surface area contributed by atoms with Gasteiger partial charge in [-0.25, -0.2) is 0 Å². The molecule has 0 atom stereocenters. The number of furan rings is 2. The molecule has 4 heterocycles. The van der Waals surface area contributed by atoms with Crippen LogP contribution in [0.4, 0.5) is 34.1 Å². The smallest absolute Gasteiger partial charge is 0.136 e. The monoisotopic (exact) mass is 1020 g/mol. The highest BCUT2D eigenvalue weighted by Gasteiger charge is 2.24. The van der Waals surface area contributed by atoms with Gasteiger partial charge in [0.25, 0.3) is 0 Å². The topological polar surface area (TPSA) is 42.6 Å². The molecule has 6 nitrogen and oxygen atoms in total. The maximum atomic E-state index is 6.84. The molecule has 0 aliphatic rings. The van der Waals surface area contributed by atoms with Crippen molar-refractivity contribution >= 4 is 143 Å². The van der Waals surface area contributed by atoms with Crippen molar-refractivity contribution in [3.63, 3.8) is 0 Å². The number of aromatic nitrogens is 2. The second-order valence-electron chi connectivity index (χ2n) is 20.9. The van der Waals surface area contributed by atoms with Gasteiger partial charge in [-0.15, -0.1) is 0 Å². The Morgan fingerprint density at radius 3 is 1.04 bits per heavy atom. The summed E-state index contributed by atoms with van der Waals surface area (Å²) in [6, 6.07) is 100. The maximum Gasteiger partial charge on any atom is 0.136 e. The van der Waals surface area contributed by atoms with Crippen molar-refractivity contribution in [1.29, 1.82) is 0 Å². The van der Waals surface area contributed by atoms with Crippen molar-refractivity contribution in [1.82, 2.24) is 9.13 Å². The number of rotatable bonds is 8. The lowest BCUT2D eigenvalue weighted by atomic mass is 10.0. The van der Waals surface area contributed by atoms with E-state index in [0.717, 1.165) is 122 Å². The Kier molecular flexibility index (Phi) is 9.61. The first-order valence-corrected chi connectivity index (χ1v) is 27.2. The van der Waals surface area contributed by atoms with Gasteiger partial charge in [0, 0.05) is 77.2 Å². The fourth-order valence-corrected chi connectivity index (χ4v) is 12.9. The van der Waals surface area contributed by atoms with Gasteiger partial charge < -0.3 is 27.8 Å². The lowest BCUT2D eigenvalue weighted by Gasteiger charge is -2.27. The Labute approximate surface area is 459 Å². The number of hydrogen-bond donors (Lipinski definition) is 0. The summed E-state index contributed by atoms with van der Waals surface area (Å²) in [6.07, 6.45) is 0. The van der Waals surface area contributed by atoms with Crippen molar-refractivity contribution < 1.29 is 8.83 Å². The zero-order chi connectivity index (χ0) is 52.4. The molecule has 374 valence electrons. The normalized spacial score (nSPS) is 12.0. The minimum absolute atomic E-state index is 0.829. The van der Waals surface area contributed by atoms with E-state index in [4.69, 9.17) is 8.83 Å². The molecule has 0 aliphatic carbocycles. The zero-order valence-electron chi connectivity index (χ0n) is 43.2. The third-order valence-corrected chi connectivity index (χ3v) is 16.4. The quantitative estimate of drug-likeness (QED) is 0.152. The van der Waals surface area contributed by atoms with E-state index in [1.807, 2.05) is 0 Å². The summed E-state index contributed by atoms with van der Waals surface area (Å²) < 4.78 is 18.4. The van der Waals surface area contributed by atoms with Crippen molar-refractivity contribution in [2.75, 3.05) is 9.80 Å². The SMILES string of the molecule is c1ccc(N(c2ccc3cc4c(cc3c2)oc2cc3c(cc24)oc2cc4cc(N(c5ccccc5)c5cccc6c5c5ccccc5n6-c5ccccc5)ccc4cc23)c2cccc3c2c2ccccc2n3-c2ccccc2)cc1. The first-order valence-electron chi connectivity index (χ1n) is 27.2. The van der Waals surface area contributed by atoms with E-state index in [1.54, 1.807) is 0 Å². The van der Waals surface area contributed by atoms with E-state index in [1.165, 1.54) is 32.6 Å². The number of benzene rings is 13. The number of anilines is 6. The van der Waals surface area contributed by atoms with Crippen LogP contribution in [0.25, 0.3) is 120 Å². The number of hydrogen-bond acceptors (Lipinski definition) is 4. The predicted octanol–water partition coefficient (Wildman–Crippen LogP) is 20.9. The Morgan fingerprint density at radius 1 is 0.237 bits per heavy atom. The Balaban J connectivity index is 0.773. The minimum atomic E-state index is 0.829. The van der Waals surface area contributed by atoms with Gasteiger partial charge in [-0.1, -0.05) is 133 Å². The largest absolute Gasteiger partial charge is 0.456 e. The van der Waals surface area contributed by atoms with Crippen LogP contribution < -0.4 is 9.80 Å². The van der Waals surface area contributed by atoms with Gasteiger partial charge in [-0.05, 0) is 167 Å². The molecule has 0 N–H and O–H groups in total. The molecule has 13 aromatic carbocycles. The van der Waals surface area contributed by atoms with Gasteiger partial charge >= 0.3 is 0 Å². The summed E-state index contributed by atoms with van der Waals surface area (Å²) in [6.45, 7) is 0. The van der Waals surface area contributed by atoms with Crippen LogP contribution in [0.15, 0.2) is 288 Å². The summed E-state index contributed by atoms with van der Waals surface area (Å²) in [5.41, 5.74) is 16.7. The second-order valence-corrected chi connectivity index (χ2v) is 20.9. The Bertz CT molecular complexity index is 4970. The van der Waals surface area contributed by atoms with Crippen LogP contribution in [-0.4, -0.2) is 9.13 Å². The van der Waals surface area contributed by atoms with Crippen molar-refractivity contribution in [2.24, 2.45) is 0 Å². The maximum absolute atomic E-state index is 6.84. The van der Waals surface area contributed by atoms with Gasteiger partial charge in [0.2, 0.25) is 0 Å². The van der Waals surface area contributed by atoms with E-state index in [-0.39, 0.29) is 0 Å². The highest BCUT2D eigenvalue weighted by atomic mass is 16.3. The summed E-state index contributed by atoms with van der Waals surface area (Å²) >= 11 is 0. The van der Waals surface area contributed by atoms with Crippen LogP contribution in [0.3, 0.4) is 0 Å². The predicted molar refractivity (Wildman–Crippen MR) is 334 cm³/mol. The van der Waals surface area contributed by atoms with Gasteiger partial charge in [0.15, 0.2) is 0 Å². The van der Waals surface area contributed by atoms with Crippen LogP contribution in [0.1, 0.15) is 0 Å². The van der Waals surface area contributed by atoms with Gasteiger partial charge in [0.05, 0.1) is 33.4 Å². The van der Waals surface area contributed by atoms with Crippen LogP contribution in [0.2, 0.25) is 0 Å². The molecule has 0 saturated heterocycles. The van der Waals surface area contributed by atoms with Crippen molar-refractivity contribution in [3.8, 4) is 11.4 Å². The molecule has 0 spiro atoms. The van der Waals surface area contributed by atoms with Crippen LogP contribution >= 0.6 is 0 Å². The van der Waals surface area contributed by atoms with Crippen molar-refractivity contribution in [2.45, 2.75) is 0 Å². The van der Waals surface area contributed by atoms with Gasteiger partial charge in [-0.3, -0.25) is 0 Å². The lowest BCUT2D eigenvalue weighted by Crippen LogP contribution is -2.10. The molecule has 80 heavy (non-hydrogen) atoms. The van der Waals surface area contributed by atoms with Crippen LogP contribution in [0.5, 0.6) is 0 Å². The summed E-state index contributed by atoms with van der Waals surface area (Å²) in [4.78, 5) is 4.78. The first-order chi connectivity index (χ1) is 39.7. The molecule has 17 rings (SSSR count). The molecule has 6 heteroatoms. The van der Waals surface area contributed by atoms with E-state index in [2.05, 4.69) is 298 Å². The van der Waals surface area contributed by atoms with E-state index in [9.17, 15) is 0 Å². The average molecular weight is 1020 g/mol. The van der Waals surface area contributed by atoms with Crippen LogP contribution in [0, 0.1) is 0 Å². The molecular formula is C74H46N4O2. The number of nitrogens with zero attached hydrogens (tertiary/aromatic N) is 4. The average Bonchev–Trinajstić information content (AvgIpc) is 4.44. The molecule has 4 aromatic heterocycles. The van der Waals surface area contributed by atoms with Crippen LogP contribution in [-0.2, 0) is 0 Å². The van der Waals surface area contributed by atoms with E-state index < -0.39 is 0 Å². The van der Waals surface area contributed by atoms with Gasteiger partial charge in [0.1, 0.15) is 22.3 Å². The molecule has 0 radical (unpaired) electrons. The Morgan fingerprint density at radius 2 is 0.600 bits per heavy atom. The molecule has 0 unspecified atom stereocenters. The summed E-state index contributed by atoms with van der Waals surface area (Å²) in [7, 11) is 0. The van der Waals surface area contributed by atoms with E-state index >= 15 is 0 Å². The highest BCUT2D eigenvalue weighted by Crippen LogP contribution is 2.48. The second kappa shape index (κ2) is 17.3. The molecule has 17 aromatic rings. The molecule has 0 bridgehead atoms. The zero-order valence-corrected chi connectivity index (χ0v) is 43.2.